The first-order valence-electron chi connectivity index (χ1n) is 5.69. The molecule has 0 fully saturated rings. The highest BCUT2D eigenvalue weighted by atomic mass is 79.9. The third-order valence-electron chi connectivity index (χ3n) is 2.63. The van der Waals surface area contributed by atoms with Crippen LogP contribution in [0.3, 0.4) is 0 Å². The summed E-state index contributed by atoms with van der Waals surface area (Å²) in [7, 11) is 0. The summed E-state index contributed by atoms with van der Waals surface area (Å²) in [6.07, 6.45) is 0. The number of benzene rings is 1. The fourth-order valence-electron chi connectivity index (χ4n) is 1.59. The van der Waals surface area contributed by atoms with Crippen molar-refractivity contribution in [3.63, 3.8) is 0 Å². The second-order valence-corrected chi connectivity index (χ2v) is 6.32. The highest BCUT2D eigenvalue weighted by molar-refractivity contribution is 9.11. The summed E-state index contributed by atoms with van der Waals surface area (Å²) in [5.41, 5.74) is 1.11. The van der Waals surface area contributed by atoms with Crippen molar-refractivity contribution in [2.45, 2.75) is 13.8 Å². The SMILES string of the molecule is CCN(CC)CCNc1c(Br)cc(Br)cc1Br. The fourth-order valence-corrected chi connectivity index (χ4v) is 4.13. The van der Waals surface area contributed by atoms with Gasteiger partial charge in [0.25, 0.3) is 0 Å². The van der Waals surface area contributed by atoms with E-state index in [1.807, 2.05) is 12.1 Å². The average Bonchev–Trinajstić information content (AvgIpc) is 2.27. The van der Waals surface area contributed by atoms with Gasteiger partial charge in [-0.1, -0.05) is 29.8 Å². The Bertz CT molecular complexity index is 342. The lowest BCUT2D eigenvalue weighted by Gasteiger charge is -2.19. The number of hydrogen-bond donors (Lipinski definition) is 1. The fraction of sp³-hybridized carbons (Fsp3) is 0.500. The number of nitrogens with one attached hydrogen (secondary N) is 1. The smallest absolute Gasteiger partial charge is 0.0630 e. The Labute approximate surface area is 129 Å². The highest BCUT2D eigenvalue weighted by Crippen LogP contribution is 2.34. The quantitative estimate of drug-likeness (QED) is 0.704. The largest absolute Gasteiger partial charge is 0.382 e. The van der Waals surface area contributed by atoms with Crippen LogP contribution in [-0.4, -0.2) is 31.1 Å². The van der Waals surface area contributed by atoms with Gasteiger partial charge in [0.1, 0.15) is 0 Å². The molecule has 0 atom stereocenters. The maximum absolute atomic E-state index is 3.56. The lowest BCUT2D eigenvalue weighted by atomic mass is 10.3. The molecule has 0 radical (unpaired) electrons. The molecule has 17 heavy (non-hydrogen) atoms. The average molecular weight is 429 g/mol. The molecule has 0 aliphatic carbocycles. The first-order chi connectivity index (χ1) is 8.08. The monoisotopic (exact) mass is 426 g/mol. The van der Waals surface area contributed by atoms with Crippen LogP contribution in [0.4, 0.5) is 5.69 Å². The third kappa shape index (κ3) is 4.89. The predicted molar refractivity (Wildman–Crippen MR) is 85.8 cm³/mol. The van der Waals surface area contributed by atoms with Gasteiger partial charge in [-0.25, -0.2) is 0 Å². The Morgan fingerprint density at radius 2 is 1.59 bits per heavy atom. The standard InChI is InChI=1S/C12H17Br3N2/c1-3-17(4-2)6-5-16-12-10(14)7-9(13)8-11(12)15/h7-8,16H,3-6H2,1-2H3. The van der Waals surface area contributed by atoms with Crippen LogP contribution in [-0.2, 0) is 0 Å². The van der Waals surface area contributed by atoms with Crippen molar-refractivity contribution >= 4 is 53.5 Å². The van der Waals surface area contributed by atoms with Gasteiger partial charge >= 0.3 is 0 Å². The van der Waals surface area contributed by atoms with Gasteiger partial charge in [0, 0.05) is 26.5 Å². The lowest BCUT2D eigenvalue weighted by Crippen LogP contribution is -2.28. The second-order valence-electron chi connectivity index (χ2n) is 3.70. The molecule has 0 aliphatic rings. The van der Waals surface area contributed by atoms with Crippen LogP contribution < -0.4 is 5.32 Å². The van der Waals surface area contributed by atoms with Gasteiger partial charge in [-0.3, -0.25) is 0 Å². The summed E-state index contributed by atoms with van der Waals surface area (Å²) >= 11 is 10.6. The molecule has 1 rings (SSSR count). The van der Waals surface area contributed by atoms with E-state index in [0.717, 1.165) is 45.3 Å². The molecule has 2 nitrogen and oxygen atoms in total. The van der Waals surface area contributed by atoms with E-state index in [9.17, 15) is 0 Å². The molecule has 0 amide bonds. The van der Waals surface area contributed by atoms with Gasteiger partial charge in [-0.2, -0.15) is 0 Å². The van der Waals surface area contributed by atoms with Crippen LogP contribution in [0.15, 0.2) is 25.6 Å². The topological polar surface area (TPSA) is 15.3 Å². The first-order valence-corrected chi connectivity index (χ1v) is 8.07. The summed E-state index contributed by atoms with van der Waals surface area (Å²) in [5, 5.41) is 3.45. The van der Waals surface area contributed by atoms with Crippen molar-refractivity contribution in [3.05, 3.63) is 25.6 Å². The van der Waals surface area contributed by atoms with Crippen LogP contribution in [0.1, 0.15) is 13.8 Å². The van der Waals surface area contributed by atoms with Gasteiger partial charge in [0.2, 0.25) is 0 Å². The summed E-state index contributed by atoms with van der Waals surface area (Å²) in [4.78, 5) is 2.40. The molecule has 1 N–H and O–H groups in total. The molecule has 0 saturated carbocycles. The number of halogens is 3. The zero-order valence-corrected chi connectivity index (χ0v) is 14.8. The van der Waals surface area contributed by atoms with E-state index in [2.05, 4.69) is 71.9 Å². The van der Waals surface area contributed by atoms with Crippen LogP contribution in [0, 0.1) is 0 Å². The van der Waals surface area contributed by atoms with E-state index in [1.165, 1.54) is 0 Å². The zero-order chi connectivity index (χ0) is 12.8. The number of hydrogen-bond acceptors (Lipinski definition) is 2. The van der Waals surface area contributed by atoms with Crippen LogP contribution in [0.2, 0.25) is 0 Å². The number of nitrogens with zero attached hydrogens (tertiary/aromatic N) is 1. The minimum Gasteiger partial charge on any atom is -0.382 e. The molecule has 0 aromatic heterocycles. The van der Waals surface area contributed by atoms with E-state index < -0.39 is 0 Å². The molecule has 1 aromatic rings. The minimum atomic E-state index is 0.945. The Morgan fingerprint density at radius 1 is 1.06 bits per heavy atom. The van der Waals surface area contributed by atoms with Crippen molar-refractivity contribution < 1.29 is 0 Å². The molecule has 0 bridgehead atoms. The Hall–Kier alpha value is 0.420. The summed E-state index contributed by atoms with van der Waals surface area (Å²) in [6.45, 7) is 8.58. The Balaban J connectivity index is 2.58. The molecule has 0 unspecified atom stereocenters. The van der Waals surface area contributed by atoms with Gasteiger partial charge in [0.05, 0.1) is 5.69 Å². The van der Waals surface area contributed by atoms with Crippen molar-refractivity contribution in [1.29, 1.82) is 0 Å². The summed E-state index contributed by atoms with van der Waals surface area (Å²) in [6, 6.07) is 4.09. The third-order valence-corrected chi connectivity index (χ3v) is 4.34. The van der Waals surface area contributed by atoms with E-state index >= 15 is 0 Å². The second kappa shape index (κ2) is 7.77. The Kier molecular flexibility index (Phi) is 7.07. The Morgan fingerprint density at radius 3 is 2.06 bits per heavy atom. The molecular formula is C12H17Br3N2. The van der Waals surface area contributed by atoms with Crippen molar-refractivity contribution in [1.82, 2.24) is 4.90 Å². The maximum Gasteiger partial charge on any atom is 0.0630 e. The van der Waals surface area contributed by atoms with Gasteiger partial charge in [-0.05, 0) is 57.1 Å². The van der Waals surface area contributed by atoms with E-state index in [4.69, 9.17) is 0 Å². The molecule has 5 heteroatoms. The minimum absolute atomic E-state index is 0.945. The van der Waals surface area contributed by atoms with E-state index in [-0.39, 0.29) is 0 Å². The molecule has 0 spiro atoms. The molecular weight excluding hydrogens is 412 g/mol. The van der Waals surface area contributed by atoms with Gasteiger partial charge < -0.3 is 10.2 Å². The number of anilines is 1. The highest BCUT2D eigenvalue weighted by Gasteiger charge is 2.06. The lowest BCUT2D eigenvalue weighted by molar-refractivity contribution is 0.316. The normalized spacial score (nSPS) is 10.9. The van der Waals surface area contributed by atoms with Crippen molar-refractivity contribution in [2.75, 3.05) is 31.5 Å². The molecule has 1 aromatic carbocycles. The molecule has 0 heterocycles. The summed E-state index contributed by atoms with van der Waals surface area (Å²) < 4.78 is 3.20. The zero-order valence-electron chi connectivity index (χ0n) is 10.1. The predicted octanol–water partition coefficient (Wildman–Crippen LogP) is 4.73. The van der Waals surface area contributed by atoms with E-state index in [0.29, 0.717) is 0 Å². The molecule has 96 valence electrons. The molecule has 0 saturated heterocycles. The number of likely N-dealkylation sites (N-methyl/N-ethyl adjacent to an activating group) is 1. The summed E-state index contributed by atoms with van der Waals surface area (Å²) in [5.74, 6) is 0. The van der Waals surface area contributed by atoms with Gasteiger partial charge in [0.15, 0.2) is 0 Å². The van der Waals surface area contributed by atoms with Crippen molar-refractivity contribution in [3.8, 4) is 0 Å². The van der Waals surface area contributed by atoms with E-state index in [1.54, 1.807) is 0 Å². The number of rotatable bonds is 6. The van der Waals surface area contributed by atoms with Crippen molar-refractivity contribution in [2.24, 2.45) is 0 Å². The van der Waals surface area contributed by atoms with Crippen LogP contribution >= 0.6 is 47.8 Å². The van der Waals surface area contributed by atoms with Gasteiger partial charge in [-0.15, -0.1) is 0 Å². The maximum atomic E-state index is 3.56. The van der Waals surface area contributed by atoms with Crippen LogP contribution in [0.25, 0.3) is 0 Å². The first kappa shape index (κ1) is 15.5. The van der Waals surface area contributed by atoms with Crippen LogP contribution in [0.5, 0.6) is 0 Å². The molecule has 0 aliphatic heterocycles.